The van der Waals surface area contributed by atoms with Crippen molar-refractivity contribution in [2.24, 2.45) is 0 Å². The van der Waals surface area contributed by atoms with Crippen LogP contribution in [0.25, 0.3) is 22.5 Å². The molecule has 94 valence electrons. The fraction of sp³-hybridized carbons (Fsp3) is 0. The predicted octanol–water partition coefficient (Wildman–Crippen LogP) is 5.05. The summed E-state index contributed by atoms with van der Waals surface area (Å²) in [5, 5.41) is 8.79. The lowest BCUT2D eigenvalue weighted by Gasteiger charge is -1.96. The Hall–Kier alpha value is -1.77. The number of hydrogen-bond donors (Lipinski definition) is 1. The molecule has 1 N–H and O–H groups in total. The van der Waals surface area contributed by atoms with Crippen LogP contribution in [0.5, 0.6) is 0 Å². The Bertz CT molecular complexity index is 625. The fourth-order valence-corrected chi connectivity index (χ4v) is 2.12. The number of nitrogens with one attached hydrogen (secondary N) is 1. The molecule has 0 saturated carbocycles. The Morgan fingerprint density at radius 1 is 0.737 bits per heavy atom. The molecule has 0 spiro atoms. The second kappa shape index (κ2) is 5.08. The van der Waals surface area contributed by atoms with E-state index in [-0.39, 0.29) is 0 Å². The van der Waals surface area contributed by atoms with Crippen molar-refractivity contribution in [1.82, 2.24) is 10.2 Å². The van der Waals surface area contributed by atoms with Crippen LogP contribution in [0.3, 0.4) is 0 Å². The van der Waals surface area contributed by atoms with Crippen molar-refractivity contribution < 1.29 is 0 Å². The van der Waals surface area contributed by atoms with Crippen molar-refractivity contribution in [2.75, 3.05) is 0 Å². The number of benzene rings is 2. The van der Waals surface area contributed by atoms with Crippen LogP contribution in [0.4, 0.5) is 0 Å². The summed E-state index contributed by atoms with van der Waals surface area (Å²) in [5.41, 5.74) is 3.93. The zero-order valence-electron chi connectivity index (χ0n) is 9.90. The van der Waals surface area contributed by atoms with Gasteiger partial charge in [-0.3, -0.25) is 5.10 Å². The Morgan fingerprint density at radius 3 is 1.84 bits per heavy atom. The second-order valence-corrected chi connectivity index (χ2v) is 5.05. The van der Waals surface area contributed by atoms with Gasteiger partial charge in [-0.2, -0.15) is 5.10 Å². The molecule has 1 heterocycles. The molecule has 0 saturated heterocycles. The third-order valence-corrected chi connectivity index (χ3v) is 3.38. The molecule has 4 heteroatoms. The van der Waals surface area contributed by atoms with E-state index >= 15 is 0 Å². The lowest BCUT2D eigenvalue weighted by Crippen LogP contribution is -1.77. The summed E-state index contributed by atoms with van der Waals surface area (Å²) in [7, 11) is 0. The molecule has 19 heavy (non-hydrogen) atoms. The number of aromatic nitrogens is 2. The number of rotatable bonds is 2. The highest BCUT2D eigenvalue weighted by Gasteiger charge is 2.05. The van der Waals surface area contributed by atoms with Crippen molar-refractivity contribution >= 4 is 23.2 Å². The maximum atomic E-state index is 5.88. The van der Waals surface area contributed by atoms with Crippen molar-refractivity contribution in [1.29, 1.82) is 0 Å². The van der Waals surface area contributed by atoms with Crippen molar-refractivity contribution in [3.8, 4) is 22.5 Å². The number of hydrogen-bond acceptors (Lipinski definition) is 1. The highest BCUT2D eigenvalue weighted by Crippen LogP contribution is 2.25. The molecule has 1 aromatic heterocycles. The smallest absolute Gasteiger partial charge is 0.0927 e. The third-order valence-electron chi connectivity index (χ3n) is 2.87. The van der Waals surface area contributed by atoms with E-state index < -0.39 is 0 Å². The summed E-state index contributed by atoms with van der Waals surface area (Å²) in [6.45, 7) is 0. The highest BCUT2D eigenvalue weighted by molar-refractivity contribution is 6.30. The summed E-state index contributed by atoms with van der Waals surface area (Å²) in [5.74, 6) is 0. The summed E-state index contributed by atoms with van der Waals surface area (Å²) >= 11 is 11.8. The average Bonchev–Trinajstić information content (AvgIpc) is 2.90. The average molecular weight is 289 g/mol. The molecule has 0 fully saturated rings. The van der Waals surface area contributed by atoms with Gasteiger partial charge in [0.15, 0.2) is 0 Å². The standard InChI is InChI=1S/C15H10Cl2N2/c16-12-5-1-10(2-6-12)14-9-15(19-18-14)11-3-7-13(17)8-4-11/h1-9H,(H,18,19). The molecule has 0 atom stereocenters. The molecule has 3 aromatic rings. The topological polar surface area (TPSA) is 28.7 Å². The number of H-pyrrole nitrogens is 1. The minimum Gasteiger partial charge on any atom is -0.277 e. The normalized spacial score (nSPS) is 10.6. The van der Waals surface area contributed by atoms with E-state index in [0.717, 1.165) is 32.6 Å². The Morgan fingerprint density at radius 2 is 1.26 bits per heavy atom. The van der Waals surface area contributed by atoms with Crippen LogP contribution in [-0.4, -0.2) is 10.2 Å². The third kappa shape index (κ3) is 2.65. The largest absolute Gasteiger partial charge is 0.277 e. The van der Waals surface area contributed by atoms with Gasteiger partial charge in [0.25, 0.3) is 0 Å². The molecule has 0 radical (unpaired) electrons. The van der Waals surface area contributed by atoms with Crippen molar-refractivity contribution in [2.45, 2.75) is 0 Å². The number of halogens is 2. The van der Waals surface area contributed by atoms with Crippen LogP contribution >= 0.6 is 23.2 Å². The van der Waals surface area contributed by atoms with Gasteiger partial charge in [0, 0.05) is 15.6 Å². The van der Waals surface area contributed by atoms with Crippen LogP contribution in [0.15, 0.2) is 54.6 Å². The van der Waals surface area contributed by atoms with E-state index in [1.54, 1.807) is 0 Å². The van der Waals surface area contributed by atoms with Gasteiger partial charge in [0.1, 0.15) is 0 Å². The molecule has 0 amide bonds. The quantitative estimate of drug-likeness (QED) is 0.702. The molecule has 3 rings (SSSR count). The molecule has 0 unspecified atom stereocenters. The minimum absolute atomic E-state index is 0.720. The molecule has 0 aliphatic heterocycles. The fourth-order valence-electron chi connectivity index (χ4n) is 1.87. The Labute approximate surface area is 121 Å². The van der Waals surface area contributed by atoms with E-state index in [0.29, 0.717) is 0 Å². The van der Waals surface area contributed by atoms with E-state index in [1.807, 2.05) is 54.6 Å². The van der Waals surface area contributed by atoms with E-state index in [1.165, 1.54) is 0 Å². The number of aromatic amines is 1. The summed E-state index contributed by atoms with van der Waals surface area (Å²) in [6, 6.07) is 17.3. The van der Waals surface area contributed by atoms with Gasteiger partial charge in [0.2, 0.25) is 0 Å². The lowest BCUT2D eigenvalue weighted by molar-refractivity contribution is 1.10. The molecule has 0 aliphatic rings. The number of nitrogens with zero attached hydrogens (tertiary/aromatic N) is 1. The van der Waals surface area contributed by atoms with Gasteiger partial charge < -0.3 is 0 Å². The molecule has 0 aliphatic carbocycles. The van der Waals surface area contributed by atoms with E-state index in [4.69, 9.17) is 23.2 Å². The SMILES string of the molecule is Clc1ccc(-c2cc(-c3ccc(Cl)cc3)[nH]n2)cc1. The highest BCUT2D eigenvalue weighted by atomic mass is 35.5. The van der Waals surface area contributed by atoms with Gasteiger partial charge >= 0.3 is 0 Å². The monoisotopic (exact) mass is 288 g/mol. The van der Waals surface area contributed by atoms with Gasteiger partial charge in [-0.15, -0.1) is 0 Å². The molecule has 2 aromatic carbocycles. The summed E-state index contributed by atoms with van der Waals surface area (Å²) < 4.78 is 0. The molecular formula is C15H10Cl2N2. The van der Waals surface area contributed by atoms with Gasteiger partial charge in [-0.1, -0.05) is 47.5 Å². The minimum atomic E-state index is 0.720. The predicted molar refractivity (Wildman–Crippen MR) is 79.5 cm³/mol. The summed E-state index contributed by atoms with van der Waals surface area (Å²) in [6.07, 6.45) is 0. The van der Waals surface area contributed by atoms with Crippen LogP contribution in [0.2, 0.25) is 10.0 Å². The maximum Gasteiger partial charge on any atom is 0.0927 e. The zero-order valence-corrected chi connectivity index (χ0v) is 11.4. The van der Waals surface area contributed by atoms with E-state index in [9.17, 15) is 0 Å². The van der Waals surface area contributed by atoms with Gasteiger partial charge in [-0.25, -0.2) is 0 Å². The molecule has 0 bridgehead atoms. The zero-order chi connectivity index (χ0) is 13.2. The van der Waals surface area contributed by atoms with Crippen LogP contribution in [0.1, 0.15) is 0 Å². The molecule has 2 nitrogen and oxygen atoms in total. The van der Waals surface area contributed by atoms with Crippen LogP contribution in [0, 0.1) is 0 Å². The maximum absolute atomic E-state index is 5.88. The van der Waals surface area contributed by atoms with Crippen molar-refractivity contribution in [3.63, 3.8) is 0 Å². The van der Waals surface area contributed by atoms with Gasteiger partial charge in [-0.05, 0) is 35.9 Å². The lowest BCUT2D eigenvalue weighted by atomic mass is 10.1. The van der Waals surface area contributed by atoms with E-state index in [2.05, 4.69) is 10.2 Å². The molecular weight excluding hydrogens is 279 g/mol. The first kappa shape index (κ1) is 12.3. The summed E-state index contributed by atoms with van der Waals surface area (Å²) in [4.78, 5) is 0. The van der Waals surface area contributed by atoms with Gasteiger partial charge in [0.05, 0.1) is 11.4 Å². The first-order chi connectivity index (χ1) is 9.22. The Balaban J connectivity index is 1.95. The second-order valence-electron chi connectivity index (χ2n) is 4.18. The first-order valence-corrected chi connectivity index (χ1v) is 6.55. The van der Waals surface area contributed by atoms with Crippen molar-refractivity contribution in [3.05, 3.63) is 64.6 Å². The first-order valence-electron chi connectivity index (χ1n) is 5.80. The van der Waals surface area contributed by atoms with Crippen LogP contribution < -0.4 is 0 Å². The Kier molecular flexibility index (Phi) is 3.28. The van der Waals surface area contributed by atoms with Crippen LogP contribution in [-0.2, 0) is 0 Å².